The standard InChI is InChI=1S/C22H22N2O3/c1-16-5-3-7-19(11-16)22(25)24-14-17-8-9-20(21(12-17)26-2)27-15-18-6-4-10-23-13-18/h3-13H,14-15H2,1-2H3,(H,24,25). The summed E-state index contributed by atoms with van der Waals surface area (Å²) in [6.07, 6.45) is 3.49. The van der Waals surface area contributed by atoms with Crippen molar-refractivity contribution in [2.45, 2.75) is 20.1 Å². The van der Waals surface area contributed by atoms with E-state index < -0.39 is 0 Å². The first-order valence-corrected chi connectivity index (χ1v) is 8.69. The van der Waals surface area contributed by atoms with Crippen molar-refractivity contribution >= 4 is 5.91 Å². The summed E-state index contributed by atoms with van der Waals surface area (Å²) >= 11 is 0. The molecule has 0 bridgehead atoms. The monoisotopic (exact) mass is 362 g/mol. The quantitative estimate of drug-likeness (QED) is 0.692. The Morgan fingerprint density at radius 3 is 2.67 bits per heavy atom. The summed E-state index contributed by atoms with van der Waals surface area (Å²) in [5, 5.41) is 2.93. The number of aryl methyl sites for hydroxylation is 1. The van der Waals surface area contributed by atoms with Crippen LogP contribution in [0, 0.1) is 6.92 Å². The van der Waals surface area contributed by atoms with Crippen LogP contribution in [0.4, 0.5) is 0 Å². The Bertz CT molecular complexity index is 910. The SMILES string of the molecule is COc1cc(CNC(=O)c2cccc(C)c2)ccc1OCc1cccnc1. The molecule has 0 fully saturated rings. The molecule has 2 aromatic carbocycles. The number of benzene rings is 2. The first-order chi connectivity index (χ1) is 13.2. The first-order valence-electron chi connectivity index (χ1n) is 8.69. The van der Waals surface area contributed by atoms with Crippen LogP contribution in [0.15, 0.2) is 67.0 Å². The number of ether oxygens (including phenoxy) is 2. The van der Waals surface area contributed by atoms with E-state index in [0.29, 0.717) is 30.2 Å². The smallest absolute Gasteiger partial charge is 0.251 e. The normalized spacial score (nSPS) is 10.3. The number of rotatable bonds is 7. The maximum atomic E-state index is 12.3. The maximum Gasteiger partial charge on any atom is 0.251 e. The number of nitrogens with one attached hydrogen (secondary N) is 1. The third kappa shape index (κ3) is 5.07. The van der Waals surface area contributed by atoms with Gasteiger partial charge in [-0.05, 0) is 42.8 Å². The predicted molar refractivity (Wildman–Crippen MR) is 104 cm³/mol. The molecule has 0 radical (unpaired) electrons. The molecule has 0 aliphatic rings. The van der Waals surface area contributed by atoms with Gasteiger partial charge in [-0.1, -0.05) is 29.8 Å². The number of nitrogens with zero attached hydrogens (tertiary/aromatic N) is 1. The lowest BCUT2D eigenvalue weighted by atomic mass is 10.1. The van der Waals surface area contributed by atoms with Crippen LogP contribution in [0.1, 0.15) is 27.0 Å². The molecule has 1 N–H and O–H groups in total. The molecular formula is C22H22N2O3. The van der Waals surface area contributed by atoms with Crippen molar-refractivity contribution in [3.05, 3.63) is 89.2 Å². The zero-order chi connectivity index (χ0) is 19.1. The van der Waals surface area contributed by atoms with Crippen LogP contribution >= 0.6 is 0 Å². The van der Waals surface area contributed by atoms with Crippen molar-refractivity contribution in [1.29, 1.82) is 0 Å². The van der Waals surface area contributed by atoms with Crippen molar-refractivity contribution < 1.29 is 14.3 Å². The van der Waals surface area contributed by atoms with E-state index in [4.69, 9.17) is 9.47 Å². The van der Waals surface area contributed by atoms with Gasteiger partial charge >= 0.3 is 0 Å². The number of hydrogen-bond acceptors (Lipinski definition) is 4. The molecular weight excluding hydrogens is 340 g/mol. The average molecular weight is 362 g/mol. The largest absolute Gasteiger partial charge is 0.493 e. The van der Waals surface area contributed by atoms with Crippen molar-refractivity contribution in [2.24, 2.45) is 0 Å². The molecule has 5 nitrogen and oxygen atoms in total. The van der Waals surface area contributed by atoms with E-state index in [1.54, 1.807) is 25.6 Å². The Morgan fingerprint density at radius 1 is 1.04 bits per heavy atom. The van der Waals surface area contributed by atoms with Crippen LogP contribution in [0.2, 0.25) is 0 Å². The van der Waals surface area contributed by atoms with Gasteiger partial charge in [-0.15, -0.1) is 0 Å². The molecule has 0 aliphatic carbocycles. The van der Waals surface area contributed by atoms with Gasteiger partial charge in [0.1, 0.15) is 6.61 Å². The Balaban J connectivity index is 1.62. The number of carbonyl (C=O) groups is 1. The summed E-state index contributed by atoms with van der Waals surface area (Å²) in [5.41, 5.74) is 3.62. The van der Waals surface area contributed by atoms with E-state index in [1.165, 1.54) is 0 Å². The minimum Gasteiger partial charge on any atom is -0.493 e. The van der Waals surface area contributed by atoms with Crippen LogP contribution in [-0.4, -0.2) is 18.0 Å². The molecule has 0 spiro atoms. The molecule has 1 amide bonds. The van der Waals surface area contributed by atoms with Crippen LogP contribution in [0.25, 0.3) is 0 Å². The molecule has 0 saturated carbocycles. The second-order valence-electron chi connectivity index (χ2n) is 6.19. The molecule has 1 aromatic heterocycles. The van der Waals surface area contributed by atoms with Crippen molar-refractivity contribution in [3.8, 4) is 11.5 Å². The highest BCUT2D eigenvalue weighted by Gasteiger charge is 2.09. The molecule has 0 atom stereocenters. The van der Waals surface area contributed by atoms with Gasteiger partial charge in [0, 0.05) is 30.1 Å². The third-order valence-corrected chi connectivity index (χ3v) is 4.08. The zero-order valence-electron chi connectivity index (χ0n) is 15.4. The highest BCUT2D eigenvalue weighted by atomic mass is 16.5. The fraction of sp³-hybridized carbons (Fsp3) is 0.182. The van der Waals surface area contributed by atoms with Gasteiger partial charge in [-0.3, -0.25) is 9.78 Å². The summed E-state index contributed by atoms with van der Waals surface area (Å²) in [4.78, 5) is 16.4. The molecule has 5 heteroatoms. The van der Waals surface area contributed by atoms with E-state index in [2.05, 4.69) is 10.3 Å². The van der Waals surface area contributed by atoms with E-state index in [0.717, 1.165) is 16.7 Å². The molecule has 1 heterocycles. The molecule has 27 heavy (non-hydrogen) atoms. The number of amides is 1. The van der Waals surface area contributed by atoms with Gasteiger partial charge in [0.15, 0.2) is 11.5 Å². The average Bonchev–Trinajstić information content (AvgIpc) is 2.71. The second kappa shape index (κ2) is 8.85. The number of aromatic nitrogens is 1. The summed E-state index contributed by atoms with van der Waals surface area (Å²) < 4.78 is 11.3. The topological polar surface area (TPSA) is 60.5 Å². The lowest BCUT2D eigenvalue weighted by Gasteiger charge is -2.13. The predicted octanol–water partition coefficient (Wildman–Crippen LogP) is 3.91. The van der Waals surface area contributed by atoms with E-state index in [9.17, 15) is 4.79 Å². The Kier molecular flexibility index (Phi) is 6.05. The van der Waals surface area contributed by atoms with Gasteiger partial charge < -0.3 is 14.8 Å². The van der Waals surface area contributed by atoms with Gasteiger partial charge in [0.2, 0.25) is 0 Å². The van der Waals surface area contributed by atoms with Crippen molar-refractivity contribution in [2.75, 3.05) is 7.11 Å². The number of hydrogen-bond donors (Lipinski definition) is 1. The lowest BCUT2D eigenvalue weighted by molar-refractivity contribution is 0.0951. The van der Waals surface area contributed by atoms with Crippen molar-refractivity contribution in [3.63, 3.8) is 0 Å². The van der Waals surface area contributed by atoms with E-state index in [1.807, 2.05) is 55.5 Å². The first kappa shape index (κ1) is 18.5. The van der Waals surface area contributed by atoms with Crippen LogP contribution < -0.4 is 14.8 Å². The highest BCUT2D eigenvalue weighted by Crippen LogP contribution is 2.28. The second-order valence-corrected chi connectivity index (χ2v) is 6.19. The van der Waals surface area contributed by atoms with E-state index >= 15 is 0 Å². The summed E-state index contributed by atoms with van der Waals surface area (Å²) in [6, 6.07) is 17.0. The molecule has 0 aliphatic heterocycles. The highest BCUT2D eigenvalue weighted by molar-refractivity contribution is 5.94. The minimum absolute atomic E-state index is 0.102. The lowest BCUT2D eigenvalue weighted by Crippen LogP contribution is -2.22. The molecule has 138 valence electrons. The third-order valence-electron chi connectivity index (χ3n) is 4.08. The molecule has 3 aromatic rings. The number of carbonyl (C=O) groups excluding carboxylic acids is 1. The fourth-order valence-corrected chi connectivity index (χ4v) is 2.66. The Labute approximate surface area is 159 Å². The van der Waals surface area contributed by atoms with Crippen LogP contribution in [0.3, 0.4) is 0 Å². The zero-order valence-corrected chi connectivity index (χ0v) is 15.4. The Morgan fingerprint density at radius 2 is 1.93 bits per heavy atom. The molecule has 0 saturated heterocycles. The van der Waals surface area contributed by atoms with Crippen molar-refractivity contribution in [1.82, 2.24) is 10.3 Å². The van der Waals surface area contributed by atoms with E-state index in [-0.39, 0.29) is 5.91 Å². The summed E-state index contributed by atoms with van der Waals surface area (Å²) in [6.45, 7) is 2.78. The summed E-state index contributed by atoms with van der Waals surface area (Å²) in [7, 11) is 1.60. The van der Waals surface area contributed by atoms with Gasteiger partial charge in [-0.25, -0.2) is 0 Å². The molecule has 3 rings (SSSR count). The number of pyridine rings is 1. The fourth-order valence-electron chi connectivity index (χ4n) is 2.66. The van der Waals surface area contributed by atoms with Crippen LogP contribution in [-0.2, 0) is 13.2 Å². The van der Waals surface area contributed by atoms with Crippen LogP contribution in [0.5, 0.6) is 11.5 Å². The molecule has 0 unspecified atom stereocenters. The maximum absolute atomic E-state index is 12.3. The van der Waals surface area contributed by atoms with Gasteiger partial charge in [-0.2, -0.15) is 0 Å². The van der Waals surface area contributed by atoms with Gasteiger partial charge in [0.05, 0.1) is 7.11 Å². The summed E-state index contributed by atoms with van der Waals surface area (Å²) in [5.74, 6) is 1.17. The Hall–Kier alpha value is -3.34. The van der Waals surface area contributed by atoms with Gasteiger partial charge in [0.25, 0.3) is 5.91 Å². The minimum atomic E-state index is -0.102. The number of methoxy groups -OCH3 is 1.